The molecule has 0 aliphatic heterocycles. The summed E-state index contributed by atoms with van der Waals surface area (Å²) in [6.45, 7) is 1.95. The molecule has 0 spiro atoms. The van der Waals surface area contributed by atoms with E-state index in [0.29, 0.717) is 0 Å². The molecule has 0 atom stereocenters. The molecule has 2 aromatic carbocycles. The second kappa shape index (κ2) is 5.40. The molecule has 5 nitrogen and oxygen atoms in total. The quantitative estimate of drug-likeness (QED) is 0.807. The maximum absolute atomic E-state index is 11.3. The van der Waals surface area contributed by atoms with E-state index in [2.05, 4.69) is 5.10 Å². The molecule has 0 unspecified atom stereocenters. The van der Waals surface area contributed by atoms with Gasteiger partial charge >= 0.3 is 0 Å². The highest BCUT2D eigenvalue weighted by atomic mass is 32.2. The third kappa shape index (κ3) is 2.79. The van der Waals surface area contributed by atoms with Crippen LogP contribution in [-0.2, 0) is 10.0 Å². The fraction of sp³-hybridized carbons (Fsp3) is 0.0625. The van der Waals surface area contributed by atoms with Crippen LogP contribution in [0, 0.1) is 6.92 Å². The van der Waals surface area contributed by atoms with Crippen molar-refractivity contribution in [2.24, 2.45) is 5.14 Å². The van der Waals surface area contributed by atoms with Crippen molar-refractivity contribution in [1.82, 2.24) is 9.78 Å². The van der Waals surface area contributed by atoms with Crippen LogP contribution in [0.5, 0.6) is 0 Å². The van der Waals surface area contributed by atoms with Crippen molar-refractivity contribution in [3.05, 3.63) is 66.4 Å². The monoisotopic (exact) mass is 313 g/mol. The molecule has 0 aliphatic carbocycles. The maximum Gasteiger partial charge on any atom is 0.238 e. The molecule has 0 bridgehead atoms. The summed E-state index contributed by atoms with van der Waals surface area (Å²) in [5.74, 6) is 0. The minimum Gasteiger partial charge on any atom is -0.237 e. The predicted molar refractivity (Wildman–Crippen MR) is 85.1 cm³/mol. The SMILES string of the molecule is Cc1cc(-c2ccccc2)nn1-c1ccc(S(N)(=O)=O)cc1. The van der Waals surface area contributed by atoms with Gasteiger partial charge in [0.15, 0.2) is 0 Å². The second-order valence-electron chi connectivity index (χ2n) is 4.99. The number of benzene rings is 2. The van der Waals surface area contributed by atoms with Crippen LogP contribution in [0.1, 0.15) is 5.69 Å². The third-order valence-electron chi connectivity index (χ3n) is 3.37. The van der Waals surface area contributed by atoms with E-state index in [4.69, 9.17) is 5.14 Å². The van der Waals surface area contributed by atoms with Crippen LogP contribution >= 0.6 is 0 Å². The van der Waals surface area contributed by atoms with Crippen molar-refractivity contribution in [3.8, 4) is 16.9 Å². The minimum absolute atomic E-state index is 0.0874. The fourth-order valence-corrected chi connectivity index (χ4v) is 2.78. The number of aromatic nitrogens is 2. The Morgan fingerprint density at radius 2 is 1.64 bits per heavy atom. The van der Waals surface area contributed by atoms with Gasteiger partial charge in [-0.3, -0.25) is 0 Å². The van der Waals surface area contributed by atoms with Gasteiger partial charge in [-0.1, -0.05) is 30.3 Å². The van der Waals surface area contributed by atoms with E-state index in [-0.39, 0.29) is 4.90 Å². The summed E-state index contributed by atoms with van der Waals surface area (Å²) in [5.41, 5.74) is 3.65. The smallest absolute Gasteiger partial charge is 0.237 e. The molecule has 1 heterocycles. The highest BCUT2D eigenvalue weighted by Gasteiger charge is 2.10. The Kier molecular flexibility index (Phi) is 3.56. The average molecular weight is 313 g/mol. The molecule has 0 saturated heterocycles. The predicted octanol–water partition coefficient (Wildman–Crippen LogP) is 2.50. The first-order valence-electron chi connectivity index (χ1n) is 6.70. The molecule has 0 saturated carbocycles. The summed E-state index contributed by atoms with van der Waals surface area (Å²) < 4.78 is 24.4. The molecular weight excluding hydrogens is 298 g/mol. The molecule has 6 heteroatoms. The Hall–Kier alpha value is -2.44. The lowest BCUT2D eigenvalue weighted by Crippen LogP contribution is -2.12. The normalized spacial score (nSPS) is 11.5. The van der Waals surface area contributed by atoms with E-state index in [0.717, 1.165) is 22.6 Å². The topological polar surface area (TPSA) is 78.0 Å². The van der Waals surface area contributed by atoms with Gasteiger partial charge in [-0.15, -0.1) is 0 Å². The number of primary sulfonamides is 1. The first-order valence-corrected chi connectivity index (χ1v) is 8.25. The van der Waals surface area contributed by atoms with E-state index >= 15 is 0 Å². The van der Waals surface area contributed by atoms with Crippen molar-refractivity contribution in [2.45, 2.75) is 11.8 Å². The standard InChI is InChI=1S/C16H15N3O2S/c1-12-11-16(13-5-3-2-4-6-13)18-19(12)14-7-9-15(10-8-14)22(17,20)21/h2-11H,1H3,(H2,17,20,21). The van der Waals surface area contributed by atoms with E-state index in [9.17, 15) is 8.42 Å². The second-order valence-corrected chi connectivity index (χ2v) is 6.55. The number of sulfonamides is 1. The molecule has 22 heavy (non-hydrogen) atoms. The van der Waals surface area contributed by atoms with Gasteiger partial charge in [0.1, 0.15) is 0 Å². The molecule has 0 radical (unpaired) electrons. The van der Waals surface area contributed by atoms with Gasteiger partial charge in [0.2, 0.25) is 10.0 Å². The summed E-state index contributed by atoms with van der Waals surface area (Å²) in [6.07, 6.45) is 0. The van der Waals surface area contributed by atoms with Crippen LogP contribution in [0.3, 0.4) is 0 Å². The highest BCUT2D eigenvalue weighted by Crippen LogP contribution is 2.21. The molecule has 0 amide bonds. The van der Waals surface area contributed by atoms with Crippen molar-refractivity contribution in [2.75, 3.05) is 0 Å². The van der Waals surface area contributed by atoms with E-state index in [1.807, 2.05) is 43.3 Å². The highest BCUT2D eigenvalue weighted by molar-refractivity contribution is 7.89. The Balaban J connectivity index is 2.01. The summed E-state index contributed by atoms with van der Waals surface area (Å²) in [5, 5.41) is 9.68. The molecule has 112 valence electrons. The lowest BCUT2D eigenvalue weighted by molar-refractivity contribution is 0.598. The van der Waals surface area contributed by atoms with Gasteiger partial charge < -0.3 is 0 Å². The van der Waals surface area contributed by atoms with Gasteiger partial charge in [-0.2, -0.15) is 5.10 Å². The molecule has 0 aliphatic rings. The largest absolute Gasteiger partial charge is 0.238 e. The number of rotatable bonds is 3. The summed E-state index contributed by atoms with van der Waals surface area (Å²) in [7, 11) is -3.68. The van der Waals surface area contributed by atoms with Crippen molar-refractivity contribution >= 4 is 10.0 Å². The maximum atomic E-state index is 11.3. The van der Waals surface area contributed by atoms with Crippen molar-refractivity contribution < 1.29 is 8.42 Å². The van der Waals surface area contributed by atoms with Gasteiger partial charge in [-0.05, 0) is 37.3 Å². The molecule has 3 rings (SSSR count). The van der Waals surface area contributed by atoms with Gasteiger partial charge in [0.25, 0.3) is 0 Å². The van der Waals surface area contributed by atoms with E-state index < -0.39 is 10.0 Å². The van der Waals surface area contributed by atoms with E-state index in [1.54, 1.807) is 16.8 Å². The molecule has 3 aromatic rings. The first kappa shape index (κ1) is 14.5. The summed E-state index contributed by atoms with van der Waals surface area (Å²) >= 11 is 0. The third-order valence-corrected chi connectivity index (χ3v) is 4.30. The van der Waals surface area contributed by atoms with Crippen LogP contribution in [0.15, 0.2) is 65.6 Å². The van der Waals surface area contributed by atoms with E-state index in [1.165, 1.54) is 12.1 Å². The van der Waals surface area contributed by atoms with Gasteiger partial charge in [0.05, 0.1) is 16.3 Å². The number of nitrogens with two attached hydrogens (primary N) is 1. The van der Waals surface area contributed by atoms with Crippen molar-refractivity contribution in [3.63, 3.8) is 0 Å². The molecular formula is C16H15N3O2S. The van der Waals surface area contributed by atoms with Gasteiger partial charge in [0, 0.05) is 11.3 Å². The lowest BCUT2D eigenvalue weighted by Gasteiger charge is -2.05. The van der Waals surface area contributed by atoms with Gasteiger partial charge in [-0.25, -0.2) is 18.2 Å². The fourth-order valence-electron chi connectivity index (χ4n) is 2.26. The molecule has 2 N–H and O–H groups in total. The summed E-state index contributed by atoms with van der Waals surface area (Å²) in [4.78, 5) is 0.0874. The average Bonchev–Trinajstić information content (AvgIpc) is 2.89. The lowest BCUT2D eigenvalue weighted by atomic mass is 10.1. The number of hydrogen-bond donors (Lipinski definition) is 1. The minimum atomic E-state index is -3.68. The number of hydrogen-bond acceptors (Lipinski definition) is 3. The molecule has 0 fully saturated rings. The zero-order chi connectivity index (χ0) is 15.7. The van der Waals surface area contributed by atoms with Crippen LogP contribution in [0.25, 0.3) is 16.9 Å². The van der Waals surface area contributed by atoms with Crippen molar-refractivity contribution in [1.29, 1.82) is 0 Å². The van der Waals surface area contributed by atoms with Crippen LogP contribution < -0.4 is 5.14 Å². The Labute approximate surface area is 129 Å². The van der Waals surface area contributed by atoms with Crippen LogP contribution in [0.4, 0.5) is 0 Å². The number of aryl methyl sites for hydroxylation is 1. The Morgan fingerprint density at radius 1 is 1.00 bits per heavy atom. The zero-order valence-corrected chi connectivity index (χ0v) is 12.8. The summed E-state index contributed by atoms with van der Waals surface area (Å²) in [6, 6.07) is 18.2. The molecule has 1 aromatic heterocycles. The van der Waals surface area contributed by atoms with Crippen LogP contribution in [0.2, 0.25) is 0 Å². The Morgan fingerprint density at radius 3 is 2.23 bits per heavy atom. The zero-order valence-electron chi connectivity index (χ0n) is 12.0. The number of nitrogens with zero attached hydrogens (tertiary/aromatic N) is 2. The Bertz CT molecular complexity index is 898. The van der Waals surface area contributed by atoms with Crippen LogP contribution in [-0.4, -0.2) is 18.2 Å². The first-order chi connectivity index (χ1) is 10.4.